The number of unbranched alkanes of at least 4 members (excludes halogenated alkanes) is 18. The number of nitrogens with one attached hydrogen (secondary N) is 1. The van der Waals surface area contributed by atoms with Gasteiger partial charge in [0.05, 0.1) is 25.4 Å². The maximum absolute atomic E-state index is 12.9. The molecule has 56 heavy (non-hydrogen) atoms. The lowest BCUT2D eigenvalue weighted by Gasteiger charge is -2.40. The lowest BCUT2D eigenvalue weighted by atomic mass is 9.99. The number of ether oxygens (including phenoxy) is 2. The zero-order valence-electron chi connectivity index (χ0n) is 35.4. The average Bonchev–Trinajstić information content (AvgIpc) is 3.20. The van der Waals surface area contributed by atoms with Crippen molar-refractivity contribution in [1.82, 2.24) is 5.32 Å². The lowest BCUT2D eigenvalue weighted by molar-refractivity contribution is -0.302. The number of carbonyl (C=O) groups is 1. The first-order valence-electron chi connectivity index (χ1n) is 22.5. The van der Waals surface area contributed by atoms with Gasteiger partial charge < -0.3 is 40.3 Å². The van der Waals surface area contributed by atoms with Crippen LogP contribution in [0.4, 0.5) is 0 Å². The Kier molecular flexibility index (Phi) is 34.5. The predicted molar refractivity (Wildman–Crippen MR) is 230 cm³/mol. The second-order valence-corrected chi connectivity index (χ2v) is 15.4. The van der Waals surface area contributed by atoms with Gasteiger partial charge in [0.15, 0.2) is 6.29 Å². The molecule has 0 aromatic rings. The van der Waals surface area contributed by atoms with Gasteiger partial charge in [-0.2, -0.15) is 0 Å². The van der Waals surface area contributed by atoms with Crippen LogP contribution in [-0.4, -0.2) is 87.5 Å². The second kappa shape index (κ2) is 37.2. The van der Waals surface area contributed by atoms with E-state index >= 15 is 0 Å². The van der Waals surface area contributed by atoms with Gasteiger partial charge >= 0.3 is 0 Å². The van der Waals surface area contributed by atoms with Gasteiger partial charge in [-0.25, -0.2) is 0 Å². The molecule has 6 N–H and O–H groups in total. The molecule has 0 spiro atoms. The number of hydrogen-bond acceptors (Lipinski definition) is 8. The standard InChI is InChI=1S/C47H83NO8/c1-3-5-7-9-11-13-15-16-17-18-19-20-21-22-23-24-25-26-27-29-31-33-35-37-43(51)48-40(39-55-47-46(54)45(53)44(52)42(38-49)56-47)41(50)36-34-32-30-28-14-12-10-8-6-4-2/h6,8,14-16,18-19,28,34,36,40-42,44-47,49-50,52-54H,3-5,7,9-13,17,20-27,29-33,35,37-39H2,1-2H3,(H,48,51)/b8-6+,16-15-,19-18-,28-14+,36-34+. The number of hydrogen-bond donors (Lipinski definition) is 6. The Hall–Kier alpha value is -2.11. The lowest BCUT2D eigenvalue weighted by Crippen LogP contribution is -2.60. The highest BCUT2D eigenvalue weighted by Crippen LogP contribution is 2.22. The maximum Gasteiger partial charge on any atom is 0.220 e. The molecule has 1 heterocycles. The molecule has 7 unspecified atom stereocenters. The SMILES string of the molecule is CC/C=C/CC/C=C/CC/C=C/C(O)C(COC1OC(CO)C(O)C(O)C1O)NC(=O)CCCCCCCCCCCCC/C=C\C/C=C\CCCCCCC. The Morgan fingerprint density at radius 3 is 1.68 bits per heavy atom. The summed E-state index contributed by atoms with van der Waals surface area (Å²) < 4.78 is 11.2. The van der Waals surface area contributed by atoms with Gasteiger partial charge in [-0.05, 0) is 70.6 Å². The van der Waals surface area contributed by atoms with Crippen molar-refractivity contribution in [3.8, 4) is 0 Å². The summed E-state index contributed by atoms with van der Waals surface area (Å²) in [6.45, 7) is 3.60. The third-order valence-electron chi connectivity index (χ3n) is 10.3. The first-order valence-corrected chi connectivity index (χ1v) is 22.5. The molecule has 0 bridgehead atoms. The van der Waals surface area contributed by atoms with Gasteiger partial charge in [0.2, 0.25) is 5.91 Å². The van der Waals surface area contributed by atoms with E-state index in [0.29, 0.717) is 6.42 Å². The smallest absolute Gasteiger partial charge is 0.220 e. The molecule has 0 saturated carbocycles. The van der Waals surface area contributed by atoms with E-state index in [4.69, 9.17) is 9.47 Å². The van der Waals surface area contributed by atoms with Crippen molar-refractivity contribution in [2.45, 2.75) is 217 Å². The van der Waals surface area contributed by atoms with Crippen LogP contribution in [0.1, 0.15) is 174 Å². The molecule has 1 rings (SSSR count). The third-order valence-corrected chi connectivity index (χ3v) is 10.3. The van der Waals surface area contributed by atoms with E-state index in [-0.39, 0.29) is 12.5 Å². The van der Waals surface area contributed by atoms with Crippen LogP contribution >= 0.6 is 0 Å². The van der Waals surface area contributed by atoms with Crippen LogP contribution in [0.25, 0.3) is 0 Å². The predicted octanol–water partition coefficient (Wildman–Crippen LogP) is 9.22. The van der Waals surface area contributed by atoms with Crippen molar-refractivity contribution in [2.75, 3.05) is 13.2 Å². The first kappa shape index (κ1) is 51.9. The number of allylic oxidation sites excluding steroid dienone is 9. The number of carbonyl (C=O) groups excluding carboxylic acids is 1. The van der Waals surface area contributed by atoms with Crippen molar-refractivity contribution < 1.29 is 39.8 Å². The van der Waals surface area contributed by atoms with Crippen molar-refractivity contribution in [3.05, 3.63) is 60.8 Å². The monoisotopic (exact) mass is 790 g/mol. The van der Waals surface area contributed by atoms with E-state index in [1.54, 1.807) is 6.08 Å². The summed E-state index contributed by atoms with van der Waals surface area (Å²) in [4.78, 5) is 12.9. The minimum Gasteiger partial charge on any atom is -0.394 e. The number of aliphatic hydroxyl groups is 5. The number of amides is 1. The molecular weight excluding hydrogens is 707 g/mol. The van der Waals surface area contributed by atoms with E-state index in [0.717, 1.165) is 57.8 Å². The van der Waals surface area contributed by atoms with Crippen molar-refractivity contribution in [2.24, 2.45) is 0 Å². The highest BCUT2D eigenvalue weighted by atomic mass is 16.7. The summed E-state index contributed by atoms with van der Waals surface area (Å²) in [7, 11) is 0. The molecule has 9 nitrogen and oxygen atoms in total. The molecule has 0 aromatic heterocycles. The van der Waals surface area contributed by atoms with Crippen LogP contribution in [0.2, 0.25) is 0 Å². The minimum absolute atomic E-state index is 0.198. The average molecular weight is 790 g/mol. The molecule has 1 saturated heterocycles. The molecule has 1 aliphatic rings. The van der Waals surface area contributed by atoms with Gasteiger partial charge in [0, 0.05) is 6.42 Å². The van der Waals surface area contributed by atoms with E-state index < -0.39 is 49.5 Å². The van der Waals surface area contributed by atoms with E-state index in [2.05, 4.69) is 67.8 Å². The van der Waals surface area contributed by atoms with Gasteiger partial charge in [0.25, 0.3) is 0 Å². The molecule has 324 valence electrons. The molecule has 1 amide bonds. The molecule has 0 aromatic carbocycles. The van der Waals surface area contributed by atoms with Crippen LogP contribution in [0.5, 0.6) is 0 Å². The van der Waals surface area contributed by atoms with Gasteiger partial charge in [0.1, 0.15) is 24.4 Å². The molecule has 1 fully saturated rings. The Morgan fingerprint density at radius 1 is 0.625 bits per heavy atom. The van der Waals surface area contributed by atoms with Gasteiger partial charge in [-0.1, -0.05) is 158 Å². The highest BCUT2D eigenvalue weighted by molar-refractivity contribution is 5.76. The Balaban J connectivity index is 2.29. The molecule has 9 heteroatoms. The van der Waals surface area contributed by atoms with Crippen LogP contribution in [0.15, 0.2) is 60.8 Å². The normalized spacial score (nSPS) is 21.7. The molecular formula is C47H83NO8. The number of rotatable bonds is 36. The Morgan fingerprint density at radius 2 is 1.12 bits per heavy atom. The van der Waals surface area contributed by atoms with E-state index in [1.165, 1.54) is 96.3 Å². The zero-order chi connectivity index (χ0) is 40.9. The van der Waals surface area contributed by atoms with Gasteiger partial charge in [-0.3, -0.25) is 4.79 Å². The summed E-state index contributed by atoms with van der Waals surface area (Å²) in [5, 5.41) is 54.0. The van der Waals surface area contributed by atoms with Gasteiger partial charge in [-0.15, -0.1) is 0 Å². The fourth-order valence-electron chi connectivity index (χ4n) is 6.69. The maximum atomic E-state index is 12.9. The van der Waals surface area contributed by atoms with Crippen molar-refractivity contribution >= 4 is 5.91 Å². The van der Waals surface area contributed by atoms with E-state index in [1.807, 2.05) is 6.08 Å². The summed E-state index contributed by atoms with van der Waals surface area (Å²) in [5.41, 5.74) is 0. The first-order chi connectivity index (χ1) is 27.3. The number of aliphatic hydroxyl groups excluding tert-OH is 5. The molecule has 0 aliphatic carbocycles. The van der Waals surface area contributed by atoms with Crippen molar-refractivity contribution in [1.29, 1.82) is 0 Å². The third kappa shape index (κ3) is 27.5. The second-order valence-electron chi connectivity index (χ2n) is 15.4. The van der Waals surface area contributed by atoms with Crippen LogP contribution < -0.4 is 5.32 Å². The van der Waals surface area contributed by atoms with E-state index in [9.17, 15) is 30.3 Å². The highest BCUT2D eigenvalue weighted by Gasteiger charge is 2.44. The fourth-order valence-corrected chi connectivity index (χ4v) is 6.69. The summed E-state index contributed by atoms with van der Waals surface area (Å²) >= 11 is 0. The largest absolute Gasteiger partial charge is 0.394 e. The van der Waals surface area contributed by atoms with Crippen molar-refractivity contribution in [3.63, 3.8) is 0 Å². The topological polar surface area (TPSA) is 149 Å². The quantitative estimate of drug-likeness (QED) is 0.0272. The summed E-state index contributed by atoms with van der Waals surface area (Å²) in [6.07, 6.45) is 41.4. The molecule has 7 atom stereocenters. The molecule has 0 radical (unpaired) electrons. The fraction of sp³-hybridized carbons (Fsp3) is 0.766. The van der Waals surface area contributed by atoms with Crippen LogP contribution in [0, 0.1) is 0 Å². The Labute approximate surface area is 341 Å². The summed E-state index contributed by atoms with van der Waals surface area (Å²) in [6, 6.07) is -0.828. The molecule has 1 aliphatic heterocycles. The summed E-state index contributed by atoms with van der Waals surface area (Å²) in [5.74, 6) is -0.198. The van der Waals surface area contributed by atoms with Crippen LogP contribution in [0.3, 0.4) is 0 Å². The minimum atomic E-state index is -1.57. The Bertz CT molecular complexity index is 1060. The zero-order valence-corrected chi connectivity index (χ0v) is 35.4. The van der Waals surface area contributed by atoms with Crippen LogP contribution in [-0.2, 0) is 14.3 Å².